The zero-order valence-electron chi connectivity index (χ0n) is 13.9. The number of carbonyl (C=O) groups is 1. The van der Waals surface area contributed by atoms with Crippen LogP contribution in [0.3, 0.4) is 0 Å². The number of carbonyl (C=O) groups excluding carboxylic acids is 1. The van der Waals surface area contributed by atoms with Crippen LogP contribution in [-0.4, -0.2) is 89.8 Å². The molecule has 0 radical (unpaired) electrons. The van der Waals surface area contributed by atoms with Crippen molar-refractivity contribution in [2.75, 3.05) is 59.0 Å². The number of aromatic nitrogens is 2. The van der Waals surface area contributed by atoms with Crippen molar-refractivity contribution in [1.82, 2.24) is 24.8 Å². The van der Waals surface area contributed by atoms with E-state index in [0.29, 0.717) is 18.3 Å². The van der Waals surface area contributed by atoms with Crippen LogP contribution in [0.5, 0.6) is 0 Å². The van der Waals surface area contributed by atoms with Gasteiger partial charge in [0.15, 0.2) is 5.82 Å². The topological polar surface area (TPSA) is 74.9 Å². The summed E-state index contributed by atoms with van der Waals surface area (Å²) in [6.45, 7) is 10.7. The van der Waals surface area contributed by atoms with Crippen LogP contribution in [0.15, 0.2) is 4.52 Å². The summed E-state index contributed by atoms with van der Waals surface area (Å²) in [5.74, 6) is 1.52. The maximum absolute atomic E-state index is 12.4. The molecule has 1 amide bonds. The number of aryl methyl sites for hydroxylation is 1. The fraction of sp³-hybridized carbons (Fsp3) is 0.800. The van der Waals surface area contributed by atoms with Crippen molar-refractivity contribution in [2.24, 2.45) is 0 Å². The van der Waals surface area contributed by atoms with Crippen LogP contribution in [0.4, 0.5) is 0 Å². The van der Waals surface area contributed by atoms with E-state index in [9.17, 15) is 4.79 Å². The number of amides is 1. The molecule has 128 valence electrons. The zero-order valence-corrected chi connectivity index (χ0v) is 13.9. The fourth-order valence-corrected chi connectivity index (χ4v) is 3.05. The van der Waals surface area contributed by atoms with Crippen molar-refractivity contribution in [3.05, 3.63) is 11.7 Å². The number of ether oxygens (including phenoxy) is 1. The Kier molecular flexibility index (Phi) is 5.24. The first kappa shape index (κ1) is 16.4. The van der Waals surface area contributed by atoms with Gasteiger partial charge in [0.05, 0.1) is 25.8 Å². The molecule has 2 aliphatic rings. The normalized spacial score (nSPS) is 22.3. The molecule has 0 spiro atoms. The average Bonchev–Trinajstić information content (AvgIpc) is 3.02. The SMILES string of the molecule is Cc1noc(C(C)N2CCN(C(=O)CN3CCOCC3)CC2)n1. The number of rotatable bonds is 4. The summed E-state index contributed by atoms with van der Waals surface area (Å²) < 4.78 is 10.6. The van der Waals surface area contributed by atoms with Crippen molar-refractivity contribution in [2.45, 2.75) is 19.9 Å². The van der Waals surface area contributed by atoms with Gasteiger partial charge in [-0.1, -0.05) is 5.16 Å². The van der Waals surface area contributed by atoms with Crippen molar-refractivity contribution < 1.29 is 14.1 Å². The molecule has 3 rings (SSSR count). The minimum atomic E-state index is 0.0905. The standard InChI is InChI=1S/C15H25N5O3/c1-12(15-16-13(2)17-23-15)19-3-5-20(6-4-19)14(21)11-18-7-9-22-10-8-18/h12H,3-11H2,1-2H3. The Bertz CT molecular complexity index is 521. The van der Waals surface area contributed by atoms with Gasteiger partial charge in [-0.05, 0) is 13.8 Å². The molecule has 1 aromatic rings. The van der Waals surface area contributed by atoms with E-state index in [-0.39, 0.29) is 11.9 Å². The molecule has 1 unspecified atom stereocenters. The third-order valence-corrected chi connectivity index (χ3v) is 4.58. The van der Waals surface area contributed by atoms with E-state index in [4.69, 9.17) is 9.26 Å². The van der Waals surface area contributed by atoms with Gasteiger partial charge in [0.1, 0.15) is 0 Å². The molecule has 0 aliphatic carbocycles. The Morgan fingerprint density at radius 3 is 2.48 bits per heavy atom. The molecule has 0 aromatic carbocycles. The van der Waals surface area contributed by atoms with Gasteiger partial charge in [-0.15, -0.1) is 0 Å². The Labute approximate surface area is 136 Å². The second-order valence-electron chi connectivity index (χ2n) is 6.16. The van der Waals surface area contributed by atoms with Crippen LogP contribution < -0.4 is 0 Å². The van der Waals surface area contributed by atoms with Gasteiger partial charge in [0.2, 0.25) is 11.8 Å². The first-order valence-corrected chi connectivity index (χ1v) is 8.25. The summed E-state index contributed by atoms with van der Waals surface area (Å²) in [5.41, 5.74) is 0. The van der Waals surface area contributed by atoms with E-state index < -0.39 is 0 Å². The van der Waals surface area contributed by atoms with Gasteiger partial charge in [-0.25, -0.2) is 0 Å². The molecule has 8 heteroatoms. The molecule has 8 nitrogen and oxygen atoms in total. The van der Waals surface area contributed by atoms with Crippen molar-refractivity contribution in [3.8, 4) is 0 Å². The van der Waals surface area contributed by atoms with Gasteiger partial charge < -0.3 is 14.2 Å². The second-order valence-corrected chi connectivity index (χ2v) is 6.16. The minimum Gasteiger partial charge on any atom is -0.379 e. The zero-order chi connectivity index (χ0) is 16.2. The van der Waals surface area contributed by atoms with Gasteiger partial charge in [0.25, 0.3) is 0 Å². The van der Waals surface area contributed by atoms with Crippen LogP contribution in [0.2, 0.25) is 0 Å². The summed E-state index contributed by atoms with van der Waals surface area (Å²) >= 11 is 0. The van der Waals surface area contributed by atoms with E-state index in [2.05, 4.69) is 26.9 Å². The van der Waals surface area contributed by atoms with Crippen LogP contribution in [0.25, 0.3) is 0 Å². The van der Waals surface area contributed by atoms with Gasteiger partial charge in [-0.3, -0.25) is 14.6 Å². The molecule has 3 heterocycles. The van der Waals surface area contributed by atoms with Gasteiger partial charge in [0, 0.05) is 39.3 Å². The third kappa shape index (κ3) is 4.07. The van der Waals surface area contributed by atoms with Crippen LogP contribution in [0, 0.1) is 6.92 Å². The highest BCUT2D eigenvalue weighted by molar-refractivity contribution is 5.78. The Balaban J connectivity index is 1.46. The lowest BCUT2D eigenvalue weighted by molar-refractivity contribution is -0.135. The largest absolute Gasteiger partial charge is 0.379 e. The summed E-state index contributed by atoms with van der Waals surface area (Å²) in [6.07, 6.45) is 0. The Morgan fingerprint density at radius 1 is 1.17 bits per heavy atom. The van der Waals surface area contributed by atoms with Crippen molar-refractivity contribution in [3.63, 3.8) is 0 Å². The number of hydrogen-bond donors (Lipinski definition) is 0. The average molecular weight is 323 g/mol. The highest BCUT2D eigenvalue weighted by atomic mass is 16.5. The first-order valence-electron chi connectivity index (χ1n) is 8.25. The summed E-state index contributed by atoms with van der Waals surface area (Å²) in [7, 11) is 0. The molecule has 2 fully saturated rings. The molecule has 0 bridgehead atoms. The van der Waals surface area contributed by atoms with Gasteiger partial charge >= 0.3 is 0 Å². The lowest BCUT2D eigenvalue weighted by Crippen LogP contribution is -2.52. The maximum Gasteiger partial charge on any atom is 0.243 e. The molecule has 0 N–H and O–H groups in total. The number of nitrogens with zero attached hydrogens (tertiary/aromatic N) is 5. The molecule has 1 aromatic heterocycles. The monoisotopic (exact) mass is 323 g/mol. The summed E-state index contributed by atoms with van der Waals surface area (Å²) in [6, 6.07) is 0.0905. The molecular formula is C15H25N5O3. The van der Waals surface area contributed by atoms with Crippen molar-refractivity contribution >= 4 is 5.91 Å². The smallest absolute Gasteiger partial charge is 0.243 e. The van der Waals surface area contributed by atoms with Crippen LogP contribution in [0.1, 0.15) is 24.7 Å². The van der Waals surface area contributed by atoms with E-state index >= 15 is 0 Å². The quantitative estimate of drug-likeness (QED) is 0.767. The van der Waals surface area contributed by atoms with Crippen LogP contribution >= 0.6 is 0 Å². The predicted molar refractivity (Wildman–Crippen MR) is 82.9 cm³/mol. The number of hydrogen-bond acceptors (Lipinski definition) is 7. The van der Waals surface area contributed by atoms with E-state index in [1.54, 1.807) is 0 Å². The van der Waals surface area contributed by atoms with E-state index in [0.717, 1.165) is 52.5 Å². The highest BCUT2D eigenvalue weighted by Gasteiger charge is 2.28. The molecule has 23 heavy (non-hydrogen) atoms. The minimum absolute atomic E-state index is 0.0905. The number of morpholine rings is 1. The molecule has 1 atom stereocenters. The Morgan fingerprint density at radius 2 is 1.87 bits per heavy atom. The highest BCUT2D eigenvalue weighted by Crippen LogP contribution is 2.20. The summed E-state index contributed by atoms with van der Waals surface area (Å²) in [5, 5.41) is 3.85. The molecule has 0 saturated carbocycles. The molecule has 2 aliphatic heterocycles. The third-order valence-electron chi connectivity index (χ3n) is 4.58. The molecular weight excluding hydrogens is 298 g/mol. The van der Waals surface area contributed by atoms with E-state index in [1.807, 2.05) is 11.8 Å². The lowest BCUT2D eigenvalue weighted by Gasteiger charge is -2.38. The van der Waals surface area contributed by atoms with Crippen molar-refractivity contribution in [1.29, 1.82) is 0 Å². The second kappa shape index (κ2) is 7.37. The first-order chi connectivity index (χ1) is 11.1. The fourth-order valence-electron chi connectivity index (χ4n) is 3.05. The Hall–Kier alpha value is -1.51. The number of piperazine rings is 1. The van der Waals surface area contributed by atoms with Gasteiger partial charge in [-0.2, -0.15) is 4.98 Å². The molecule has 2 saturated heterocycles. The summed E-state index contributed by atoms with van der Waals surface area (Å²) in [4.78, 5) is 23.1. The van der Waals surface area contributed by atoms with Crippen LogP contribution in [-0.2, 0) is 9.53 Å². The van der Waals surface area contributed by atoms with E-state index in [1.165, 1.54) is 0 Å². The predicted octanol–water partition coefficient (Wildman–Crippen LogP) is -0.0846. The maximum atomic E-state index is 12.4. The lowest BCUT2D eigenvalue weighted by atomic mass is 10.2.